The third-order valence-corrected chi connectivity index (χ3v) is 5.15. The van der Waals surface area contributed by atoms with Crippen molar-refractivity contribution in [3.8, 4) is 11.5 Å². The van der Waals surface area contributed by atoms with Gasteiger partial charge in [-0.15, -0.1) is 11.8 Å². The Balaban J connectivity index is 2.31. The van der Waals surface area contributed by atoms with E-state index in [1.165, 1.54) is 23.8 Å². The molecule has 0 aliphatic heterocycles. The quantitative estimate of drug-likeness (QED) is 0.360. The number of hydrogen-bond acceptors (Lipinski definition) is 5. The average Bonchev–Trinajstić information content (AvgIpc) is 2.66. The van der Waals surface area contributed by atoms with E-state index in [1.54, 1.807) is 17.8 Å². The summed E-state index contributed by atoms with van der Waals surface area (Å²) in [6, 6.07) is 9.91. The van der Waals surface area contributed by atoms with Crippen molar-refractivity contribution in [2.45, 2.75) is 45.1 Å². The number of rotatable bonds is 7. The van der Waals surface area contributed by atoms with Crippen LogP contribution in [0.3, 0.4) is 0 Å². The third kappa shape index (κ3) is 4.73. The second kappa shape index (κ2) is 9.53. The Morgan fingerprint density at radius 2 is 1.81 bits per heavy atom. The van der Waals surface area contributed by atoms with Crippen molar-refractivity contribution < 1.29 is 19.0 Å². The zero-order valence-electron chi connectivity index (χ0n) is 16.0. The summed E-state index contributed by atoms with van der Waals surface area (Å²) in [5.74, 6) is 1.34. The molecular formula is C21H26O4S. The van der Waals surface area contributed by atoms with Gasteiger partial charge in [0.2, 0.25) is 0 Å². The van der Waals surface area contributed by atoms with Gasteiger partial charge >= 0.3 is 6.16 Å². The minimum Gasteiger partial charge on any atom is -0.488 e. The fraction of sp³-hybridized carbons (Fsp3) is 0.381. The van der Waals surface area contributed by atoms with Crippen molar-refractivity contribution >= 4 is 17.9 Å². The fourth-order valence-corrected chi connectivity index (χ4v) is 3.45. The van der Waals surface area contributed by atoms with E-state index in [0.717, 1.165) is 29.1 Å². The topological polar surface area (TPSA) is 44.8 Å². The Bertz CT molecular complexity index is 771. The predicted octanol–water partition coefficient (Wildman–Crippen LogP) is 5.57. The van der Waals surface area contributed by atoms with Gasteiger partial charge in [0.25, 0.3) is 0 Å². The summed E-state index contributed by atoms with van der Waals surface area (Å²) in [4.78, 5) is 12.5. The molecule has 26 heavy (non-hydrogen) atoms. The Morgan fingerprint density at radius 1 is 1.08 bits per heavy atom. The highest BCUT2D eigenvalue weighted by molar-refractivity contribution is 7.98. The van der Waals surface area contributed by atoms with Crippen LogP contribution in [0.5, 0.6) is 11.5 Å². The van der Waals surface area contributed by atoms with Crippen LogP contribution in [0.15, 0.2) is 35.2 Å². The van der Waals surface area contributed by atoms with Gasteiger partial charge in [-0.05, 0) is 60.9 Å². The number of carbonyl (C=O) groups is 1. The first-order valence-electron chi connectivity index (χ1n) is 8.70. The van der Waals surface area contributed by atoms with Crippen LogP contribution in [0, 0.1) is 6.92 Å². The van der Waals surface area contributed by atoms with Crippen LogP contribution in [-0.2, 0) is 24.2 Å². The number of thioether (sulfide) groups is 1. The summed E-state index contributed by atoms with van der Waals surface area (Å²) in [6.07, 6.45) is 3.16. The van der Waals surface area contributed by atoms with Crippen molar-refractivity contribution in [3.05, 3.63) is 52.6 Å². The minimum absolute atomic E-state index is 0.321. The Hall–Kier alpha value is -2.14. The van der Waals surface area contributed by atoms with Gasteiger partial charge in [0.15, 0.2) is 0 Å². The van der Waals surface area contributed by atoms with Crippen LogP contribution in [-0.4, -0.2) is 19.5 Å². The maximum atomic E-state index is 11.5. The molecule has 0 fully saturated rings. The average molecular weight is 375 g/mol. The Morgan fingerprint density at radius 3 is 2.42 bits per heavy atom. The molecule has 0 heterocycles. The summed E-state index contributed by atoms with van der Waals surface area (Å²) < 4.78 is 16.0. The maximum absolute atomic E-state index is 11.5. The molecule has 0 saturated heterocycles. The normalized spacial score (nSPS) is 10.5. The maximum Gasteiger partial charge on any atom is 0.513 e. The number of ether oxygens (including phenoxy) is 3. The van der Waals surface area contributed by atoms with Crippen molar-refractivity contribution in [2.24, 2.45) is 0 Å². The second-order valence-corrected chi connectivity index (χ2v) is 6.72. The van der Waals surface area contributed by atoms with Gasteiger partial charge in [-0.1, -0.05) is 26.0 Å². The van der Waals surface area contributed by atoms with Crippen molar-refractivity contribution in [1.29, 1.82) is 0 Å². The first-order chi connectivity index (χ1) is 12.5. The Kier molecular flexibility index (Phi) is 7.39. The van der Waals surface area contributed by atoms with Gasteiger partial charge in [0, 0.05) is 10.5 Å². The predicted molar refractivity (Wildman–Crippen MR) is 106 cm³/mol. The van der Waals surface area contributed by atoms with Crippen LogP contribution in [0.2, 0.25) is 0 Å². The molecule has 2 rings (SSSR count). The largest absolute Gasteiger partial charge is 0.513 e. The van der Waals surface area contributed by atoms with Crippen LogP contribution >= 0.6 is 11.8 Å². The lowest BCUT2D eigenvalue weighted by Gasteiger charge is -2.17. The molecule has 0 bridgehead atoms. The molecule has 0 aliphatic rings. The molecule has 2 aromatic carbocycles. The smallest absolute Gasteiger partial charge is 0.488 e. The fourth-order valence-electron chi connectivity index (χ4n) is 2.82. The number of hydrogen-bond donors (Lipinski definition) is 0. The highest BCUT2D eigenvalue weighted by Crippen LogP contribution is 2.32. The molecule has 0 radical (unpaired) electrons. The molecule has 0 unspecified atom stereocenters. The van der Waals surface area contributed by atoms with Crippen molar-refractivity contribution in [2.75, 3.05) is 13.4 Å². The van der Waals surface area contributed by atoms with Crippen molar-refractivity contribution in [1.82, 2.24) is 0 Å². The van der Waals surface area contributed by atoms with Gasteiger partial charge in [0.1, 0.15) is 18.1 Å². The summed E-state index contributed by atoms with van der Waals surface area (Å²) in [5, 5.41) is 0. The molecule has 0 amide bonds. The van der Waals surface area contributed by atoms with E-state index in [0.29, 0.717) is 12.4 Å². The van der Waals surface area contributed by atoms with E-state index < -0.39 is 6.16 Å². The summed E-state index contributed by atoms with van der Waals surface area (Å²) in [5.41, 5.74) is 4.59. The molecule has 4 nitrogen and oxygen atoms in total. The zero-order valence-corrected chi connectivity index (χ0v) is 16.9. The highest BCUT2D eigenvalue weighted by atomic mass is 32.2. The number of methoxy groups -OCH3 is 1. The first kappa shape index (κ1) is 20.2. The van der Waals surface area contributed by atoms with Crippen LogP contribution in [0.1, 0.15) is 36.1 Å². The third-order valence-electron chi connectivity index (χ3n) is 4.32. The number of benzene rings is 2. The molecule has 0 N–H and O–H groups in total. The summed E-state index contributed by atoms with van der Waals surface area (Å²) in [6.45, 7) is 6.71. The lowest BCUT2D eigenvalue weighted by Crippen LogP contribution is -2.10. The van der Waals surface area contributed by atoms with E-state index in [2.05, 4.69) is 37.6 Å². The number of aryl methyl sites for hydroxylation is 3. The van der Waals surface area contributed by atoms with Crippen LogP contribution in [0.25, 0.3) is 0 Å². The minimum atomic E-state index is -0.734. The molecule has 0 saturated carbocycles. The summed E-state index contributed by atoms with van der Waals surface area (Å²) in [7, 11) is 1.29. The Labute approximate surface area is 159 Å². The van der Waals surface area contributed by atoms with Crippen molar-refractivity contribution in [3.63, 3.8) is 0 Å². The molecule has 0 aliphatic carbocycles. The molecule has 0 atom stereocenters. The SMILES string of the molecule is CCc1cc(CC)c(OCc2c(OC(=O)OC)cccc2SC)cc1C. The van der Waals surface area contributed by atoms with E-state index in [-0.39, 0.29) is 0 Å². The summed E-state index contributed by atoms with van der Waals surface area (Å²) >= 11 is 1.59. The van der Waals surface area contributed by atoms with Crippen LogP contribution in [0.4, 0.5) is 4.79 Å². The standard InChI is InChI=1S/C21H26O4S/c1-6-15-12-16(7-2)19(11-14(15)3)24-13-17-18(25-21(22)23-4)9-8-10-20(17)26-5/h8-12H,6-7,13H2,1-5H3. The van der Waals surface area contributed by atoms with Crippen LogP contribution < -0.4 is 9.47 Å². The highest BCUT2D eigenvalue weighted by Gasteiger charge is 2.15. The molecule has 2 aromatic rings. The van der Waals surface area contributed by atoms with E-state index in [9.17, 15) is 4.79 Å². The number of carbonyl (C=O) groups excluding carboxylic acids is 1. The lowest BCUT2D eigenvalue weighted by molar-refractivity contribution is 0.120. The first-order valence-corrected chi connectivity index (χ1v) is 9.93. The van der Waals surface area contributed by atoms with Gasteiger partial charge in [0.05, 0.1) is 7.11 Å². The monoisotopic (exact) mass is 374 g/mol. The van der Waals surface area contributed by atoms with Gasteiger partial charge in [-0.2, -0.15) is 0 Å². The van der Waals surface area contributed by atoms with E-state index in [4.69, 9.17) is 9.47 Å². The molecule has 5 heteroatoms. The second-order valence-electron chi connectivity index (χ2n) is 5.88. The van der Waals surface area contributed by atoms with E-state index in [1.807, 2.05) is 18.4 Å². The van der Waals surface area contributed by atoms with Gasteiger partial charge in [-0.3, -0.25) is 0 Å². The molecule has 140 valence electrons. The van der Waals surface area contributed by atoms with Gasteiger partial charge < -0.3 is 14.2 Å². The molecule has 0 aromatic heterocycles. The lowest BCUT2D eigenvalue weighted by atomic mass is 10.0. The zero-order chi connectivity index (χ0) is 19.1. The van der Waals surface area contributed by atoms with E-state index >= 15 is 0 Å². The molecular weight excluding hydrogens is 348 g/mol. The van der Waals surface area contributed by atoms with Gasteiger partial charge in [-0.25, -0.2) is 4.79 Å². The molecule has 0 spiro atoms.